The van der Waals surface area contributed by atoms with E-state index in [-0.39, 0.29) is 10.9 Å². The second-order valence-corrected chi connectivity index (χ2v) is 9.94. The van der Waals surface area contributed by atoms with E-state index in [2.05, 4.69) is 20.0 Å². The molecule has 2 N–H and O–H groups in total. The van der Waals surface area contributed by atoms with Crippen molar-refractivity contribution in [2.75, 3.05) is 11.9 Å². The Hall–Kier alpha value is -2.36. The lowest BCUT2D eigenvalue weighted by molar-refractivity contribution is 0.324. The molecule has 0 saturated heterocycles. The summed E-state index contributed by atoms with van der Waals surface area (Å²) in [5.41, 5.74) is 1.71. The van der Waals surface area contributed by atoms with Gasteiger partial charge in [0.25, 0.3) is 0 Å². The average Bonchev–Trinajstić information content (AvgIpc) is 3.23. The van der Waals surface area contributed by atoms with Crippen LogP contribution in [0.4, 0.5) is 9.52 Å². The Bertz CT molecular complexity index is 1080. The van der Waals surface area contributed by atoms with Crippen LogP contribution >= 0.6 is 11.3 Å². The third kappa shape index (κ3) is 5.03. The molecule has 30 heavy (non-hydrogen) atoms. The van der Waals surface area contributed by atoms with E-state index < -0.39 is 15.8 Å². The van der Waals surface area contributed by atoms with Crippen LogP contribution in [0.1, 0.15) is 25.7 Å². The van der Waals surface area contributed by atoms with Crippen molar-refractivity contribution in [3.05, 3.63) is 59.9 Å². The topological polar surface area (TPSA) is 84.0 Å². The molecule has 0 atom stereocenters. The average molecular weight is 447 g/mol. The summed E-state index contributed by atoms with van der Waals surface area (Å²) >= 11 is 1.55. The summed E-state index contributed by atoms with van der Waals surface area (Å²) in [5, 5.41) is 6.24. The minimum Gasteiger partial charge on any atom is -0.361 e. The molecule has 0 radical (unpaired) electrons. The smallest absolute Gasteiger partial charge is 0.243 e. The third-order valence-electron chi connectivity index (χ3n) is 5.27. The zero-order valence-corrected chi connectivity index (χ0v) is 17.9. The first-order valence-corrected chi connectivity index (χ1v) is 12.3. The molecular weight excluding hydrogens is 423 g/mol. The number of nitrogens with one attached hydrogen (secondary N) is 2. The number of hydrogen-bond donors (Lipinski definition) is 2. The van der Waals surface area contributed by atoms with E-state index in [0.29, 0.717) is 5.92 Å². The van der Waals surface area contributed by atoms with Gasteiger partial charge in [-0.15, -0.1) is 11.3 Å². The van der Waals surface area contributed by atoms with Crippen LogP contribution in [0.5, 0.6) is 0 Å². The van der Waals surface area contributed by atoms with Crippen molar-refractivity contribution in [3.63, 3.8) is 0 Å². The molecule has 0 amide bonds. The molecule has 1 saturated carbocycles. The van der Waals surface area contributed by atoms with Gasteiger partial charge >= 0.3 is 0 Å². The van der Waals surface area contributed by atoms with Crippen molar-refractivity contribution in [1.82, 2.24) is 14.7 Å². The van der Waals surface area contributed by atoms with Gasteiger partial charge in [-0.2, -0.15) is 0 Å². The van der Waals surface area contributed by atoms with Gasteiger partial charge in [-0.05, 0) is 55.9 Å². The van der Waals surface area contributed by atoms with Crippen LogP contribution in [0.25, 0.3) is 11.4 Å². The molecule has 1 aliphatic rings. The Balaban J connectivity index is 1.26. The van der Waals surface area contributed by atoms with Crippen molar-refractivity contribution in [1.29, 1.82) is 0 Å². The van der Waals surface area contributed by atoms with Crippen LogP contribution in [-0.4, -0.2) is 31.0 Å². The maximum Gasteiger partial charge on any atom is 0.243 e. The van der Waals surface area contributed by atoms with Crippen LogP contribution in [-0.2, 0) is 10.0 Å². The Labute approximate surface area is 179 Å². The fourth-order valence-corrected chi connectivity index (χ4v) is 5.75. The fourth-order valence-electron chi connectivity index (χ4n) is 3.65. The molecule has 0 aliphatic heterocycles. The van der Waals surface area contributed by atoms with Gasteiger partial charge in [0.15, 0.2) is 5.13 Å². The third-order valence-corrected chi connectivity index (χ3v) is 7.62. The van der Waals surface area contributed by atoms with E-state index in [9.17, 15) is 12.8 Å². The predicted molar refractivity (Wildman–Crippen MR) is 116 cm³/mol. The van der Waals surface area contributed by atoms with E-state index in [4.69, 9.17) is 0 Å². The maximum absolute atomic E-state index is 13.8. The SMILES string of the molecule is O=S(=O)(N[C@H]1CC[C@H](CNc2nc(-c3ccccn3)cs2)CC1)c1ccccc1F. The van der Waals surface area contributed by atoms with Crippen LogP contribution in [0.2, 0.25) is 0 Å². The molecule has 0 bridgehead atoms. The second kappa shape index (κ2) is 9.20. The number of rotatable bonds is 7. The summed E-state index contributed by atoms with van der Waals surface area (Å²) < 4.78 is 41.4. The monoisotopic (exact) mass is 446 g/mol. The largest absolute Gasteiger partial charge is 0.361 e. The molecule has 1 aliphatic carbocycles. The van der Waals surface area contributed by atoms with Gasteiger partial charge < -0.3 is 5.32 Å². The quantitative estimate of drug-likeness (QED) is 0.566. The van der Waals surface area contributed by atoms with Gasteiger partial charge in [-0.3, -0.25) is 4.98 Å². The molecule has 2 heterocycles. The highest BCUT2D eigenvalue weighted by atomic mass is 32.2. The van der Waals surface area contributed by atoms with Crippen molar-refractivity contribution < 1.29 is 12.8 Å². The number of halogens is 1. The molecule has 4 rings (SSSR count). The Morgan fingerprint density at radius 2 is 1.80 bits per heavy atom. The Morgan fingerprint density at radius 3 is 2.53 bits per heavy atom. The lowest BCUT2D eigenvalue weighted by atomic mass is 9.86. The van der Waals surface area contributed by atoms with E-state index >= 15 is 0 Å². The van der Waals surface area contributed by atoms with Gasteiger partial charge in [0, 0.05) is 24.2 Å². The van der Waals surface area contributed by atoms with Crippen molar-refractivity contribution >= 4 is 26.5 Å². The molecule has 9 heteroatoms. The molecule has 0 unspecified atom stereocenters. The standard InChI is InChI=1S/C21H23FN4O2S2/c22-17-5-1-2-7-20(17)30(27,28)26-16-10-8-15(9-11-16)13-24-21-25-19(14-29-21)18-6-3-4-12-23-18/h1-7,12,14-16,26H,8-11,13H2,(H,24,25)/t15-,16-. The molecular formula is C21H23FN4O2S2. The van der Waals surface area contributed by atoms with Gasteiger partial charge in [0.05, 0.1) is 5.69 Å². The van der Waals surface area contributed by atoms with Gasteiger partial charge in [0.1, 0.15) is 16.4 Å². The minimum absolute atomic E-state index is 0.165. The summed E-state index contributed by atoms with van der Waals surface area (Å²) in [7, 11) is -3.84. The van der Waals surface area contributed by atoms with E-state index in [0.717, 1.165) is 54.8 Å². The van der Waals surface area contributed by atoms with Gasteiger partial charge in [0.2, 0.25) is 10.0 Å². The van der Waals surface area contributed by atoms with Gasteiger partial charge in [-0.1, -0.05) is 18.2 Å². The maximum atomic E-state index is 13.8. The number of benzene rings is 1. The molecule has 6 nitrogen and oxygen atoms in total. The van der Waals surface area contributed by atoms with Crippen molar-refractivity contribution in [3.8, 4) is 11.4 Å². The van der Waals surface area contributed by atoms with E-state index in [1.807, 2.05) is 23.6 Å². The fraction of sp³-hybridized carbons (Fsp3) is 0.333. The molecule has 1 fully saturated rings. The Kier molecular flexibility index (Phi) is 6.40. The summed E-state index contributed by atoms with van der Waals surface area (Å²) in [6.07, 6.45) is 5.01. The van der Waals surface area contributed by atoms with Crippen molar-refractivity contribution in [2.24, 2.45) is 5.92 Å². The molecule has 1 aromatic carbocycles. The minimum atomic E-state index is -3.84. The summed E-state index contributed by atoms with van der Waals surface area (Å²) in [6, 6.07) is 11.0. The zero-order valence-electron chi connectivity index (χ0n) is 16.3. The highest BCUT2D eigenvalue weighted by Gasteiger charge is 2.27. The number of anilines is 1. The second-order valence-electron chi connectivity index (χ2n) is 7.40. The lowest BCUT2D eigenvalue weighted by Crippen LogP contribution is -2.38. The Morgan fingerprint density at radius 1 is 1.03 bits per heavy atom. The number of sulfonamides is 1. The van der Waals surface area contributed by atoms with Crippen LogP contribution in [0.3, 0.4) is 0 Å². The normalized spacial score (nSPS) is 19.5. The first kappa shape index (κ1) is 20.9. The summed E-state index contributed by atoms with van der Waals surface area (Å²) in [6.45, 7) is 0.794. The number of aromatic nitrogens is 2. The predicted octanol–water partition coefficient (Wildman–Crippen LogP) is 4.29. The van der Waals surface area contributed by atoms with Crippen molar-refractivity contribution in [2.45, 2.75) is 36.6 Å². The van der Waals surface area contributed by atoms with Gasteiger partial charge in [-0.25, -0.2) is 22.5 Å². The molecule has 158 valence electrons. The first-order chi connectivity index (χ1) is 14.5. The first-order valence-electron chi connectivity index (χ1n) is 9.89. The molecule has 3 aromatic rings. The number of nitrogens with zero attached hydrogens (tertiary/aromatic N) is 2. The molecule has 2 aromatic heterocycles. The number of pyridine rings is 1. The number of thiazole rings is 1. The highest BCUT2D eigenvalue weighted by molar-refractivity contribution is 7.89. The highest BCUT2D eigenvalue weighted by Crippen LogP contribution is 2.28. The number of hydrogen-bond acceptors (Lipinski definition) is 6. The lowest BCUT2D eigenvalue weighted by Gasteiger charge is -2.29. The van der Waals surface area contributed by atoms with Crippen LogP contribution in [0, 0.1) is 11.7 Å². The van der Waals surface area contributed by atoms with E-state index in [1.165, 1.54) is 18.2 Å². The summed E-state index contributed by atoms with van der Waals surface area (Å²) in [5.74, 6) is -0.280. The summed E-state index contributed by atoms with van der Waals surface area (Å²) in [4.78, 5) is 8.61. The van der Waals surface area contributed by atoms with E-state index in [1.54, 1.807) is 17.5 Å². The zero-order chi connectivity index (χ0) is 21.0. The molecule has 0 spiro atoms. The van der Waals surface area contributed by atoms with Crippen LogP contribution in [0.15, 0.2) is 58.9 Å². The van der Waals surface area contributed by atoms with Crippen LogP contribution < -0.4 is 10.0 Å².